The van der Waals surface area contributed by atoms with Gasteiger partial charge in [0, 0.05) is 19.0 Å². The van der Waals surface area contributed by atoms with E-state index in [2.05, 4.69) is 15.0 Å². The minimum Gasteiger partial charge on any atom is -0.465 e. The van der Waals surface area contributed by atoms with E-state index in [-0.39, 0.29) is 17.6 Å². The molecule has 1 aromatic rings. The summed E-state index contributed by atoms with van der Waals surface area (Å²) in [6.07, 6.45) is 0.943. The van der Waals surface area contributed by atoms with Crippen LogP contribution in [0.5, 0.6) is 0 Å². The number of thiazole rings is 1. The number of esters is 1. The number of carbonyl (C=O) groups excluding carboxylic acids is 2. The summed E-state index contributed by atoms with van der Waals surface area (Å²) in [6.45, 7) is 3.97. The summed E-state index contributed by atoms with van der Waals surface area (Å²) in [4.78, 5) is 28.4. The summed E-state index contributed by atoms with van der Waals surface area (Å²) in [6, 6.07) is 0. The number of carbonyl (C=O) groups is 2. The van der Waals surface area contributed by atoms with Gasteiger partial charge >= 0.3 is 5.97 Å². The van der Waals surface area contributed by atoms with E-state index in [1.54, 1.807) is 13.8 Å². The minimum absolute atomic E-state index is 0.0680. The molecule has 24 heavy (non-hydrogen) atoms. The average Bonchev–Trinajstić information content (AvgIpc) is 2.94. The number of rotatable bonds is 5. The van der Waals surface area contributed by atoms with Crippen LogP contribution in [0.2, 0.25) is 0 Å². The van der Waals surface area contributed by atoms with Crippen LogP contribution in [0.3, 0.4) is 0 Å². The molecule has 1 aliphatic rings. The van der Waals surface area contributed by atoms with E-state index in [4.69, 9.17) is 0 Å². The standard InChI is InChI=1S/C14H21N3O5S2/c1-4-24(20,21)17-7-5-10(6-8-17)12(18)16-14-15-9(2)11(23-14)13(19)22-3/h10H,4-8H2,1-3H3,(H,15,16,18). The van der Waals surface area contributed by atoms with Gasteiger partial charge in [-0.25, -0.2) is 22.5 Å². The third-order valence-electron chi connectivity index (χ3n) is 3.98. The summed E-state index contributed by atoms with van der Waals surface area (Å²) in [5.41, 5.74) is 0.506. The van der Waals surface area contributed by atoms with Gasteiger partial charge in [0.1, 0.15) is 4.88 Å². The molecule has 8 nitrogen and oxygen atoms in total. The number of hydrogen-bond acceptors (Lipinski definition) is 7. The van der Waals surface area contributed by atoms with Gasteiger partial charge in [0.05, 0.1) is 18.6 Å². The van der Waals surface area contributed by atoms with Gasteiger partial charge < -0.3 is 10.1 Å². The predicted octanol–water partition coefficient (Wildman–Crippen LogP) is 1.24. The summed E-state index contributed by atoms with van der Waals surface area (Å²) in [5, 5.41) is 3.06. The molecule has 2 heterocycles. The van der Waals surface area contributed by atoms with Crippen molar-refractivity contribution in [3.05, 3.63) is 10.6 Å². The van der Waals surface area contributed by atoms with Crippen molar-refractivity contribution in [1.29, 1.82) is 0 Å². The lowest BCUT2D eigenvalue weighted by molar-refractivity contribution is -0.120. The highest BCUT2D eigenvalue weighted by Crippen LogP contribution is 2.26. The molecule has 0 atom stereocenters. The van der Waals surface area contributed by atoms with Gasteiger partial charge in [0.2, 0.25) is 15.9 Å². The van der Waals surface area contributed by atoms with Gasteiger partial charge in [0.25, 0.3) is 0 Å². The lowest BCUT2D eigenvalue weighted by atomic mass is 9.97. The number of amides is 1. The molecule has 1 aliphatic heterocycles. The summed E-state index contributed by atoms with van der Waals surface area (Å²) >= 11 is 1.07. The summed E-state index contributed by atoms with van der Waals surface area (Å²) < 4.78 is 29.7. The Morgan fingerprint density at radius 1 is 1.38 bits per heavy atom. The van der Waals surface area contributed by atoms with Crippen LogP contribution < -0.4 is 5.32 Å². The van der Waals surface area contributed by atoms with Crippen LogP contribution >= 0.6 is 11.3 Å². The molecular weight excluding hydrogens is 354 g/mol. The summed E-state index contributed by atoms with van der Waals surface area (Å²) in [7, 11) is -1.91. The Morgan fingerprint density at radius 2 is 2.00 bits per heavy atom. The molecule has 10 heteroatoms. The first-order valence-corrected chi connectivity index (χ1v) is 10.1. The molecular formula is C14H21N3O5S2. The van der Waals surface area contributed by atoms with Crippen molar-refractivity contribution in [3.8, 4) is 0 Å². The highest BCUT2D eigenvalue weighted by atomic mass is 32.2. The number of hydrogen-bond donors (Lipinski definition) is 1. The minimum atomic E-state index is -3.20. The van der Waals surface area contributed by atoms with Crippen LogP contribution in [0.4, 0.5) is 5.13 Å². The number of aromatic nitrogens is 1. The van der Waals surface area contributed by atoms with Gasteiger partial charge in [0.15, 0.2) is 5.13 Å². The van der Waals surface area contributed by atoms with Crippen LogP contribution in [0.15, 0.2) is 0 Å². The molecule has 0 spiro atoms. The Kier molecular flexibility index (Phi) is 5.94. The molecule has 1 amide bonds. The highest BCUT2D eigenvalue weighted by Gasteiger charge is 2.30. The Bertz CT molecular complexity index is 721. The lowest BCUT2D eigenvalue weighted by Gasteiger charge is -2.30. The fraction of sp³-hybridized carbons (Fsp3) is 0.643. The summed E-state index contributed by atoms with van der Waals surface area (Å²) in [5.74, 6) is -0.880. The zero-order valence-electron chi connectivity index (χ0n) is 13.9. The second-order valence-electron chi connectivity index (χ2n) is 5.49. The maximum Gasteiger partial charge on any atom is 0.350 e. The monoisotopic (exact) mass is 375 g/mol. The smallest absolute Gasteiger partial charge is 0.350 e. The van der Waals surface area contributed by atoms with Crippen molar-refractivity contribution in [2.24, 2.45) is 5.92 Å². The number of methoxy groups -OCH3 is 1. The maximum atomic E-state index is 12.3. The van der Waals surface area contributed by atoms with Crippen LogP contribution in [0, 0.1) is 12.8 Å². The third-order valence-corrected chi connectivity index (χ3v) is 6.91. The molecule has 0 unspecified atom stereocenters. The van der Waals surface area contributed by atoms with Crippen LogP contribution in [-0.4, -0.2) is 55.5 Å². The van der Waals surface area contributed by atoms with E-state index in [0.717, 1.165) is 11.3 Å². The Labute approximate surface area is 145 Å². The molecule has 0 radical (unpaired) electrons. The Balaban J connectivity index is 1.96. The number of aryl methyl sites for hydroxylation is 1. The SMILES string of the molecule is CCS(=O)(=O)N1CCC(C(=O)Nc2nc(C)c(C(=O)OC)s2)CC1. The first kappa shape index (κ1) is 18.8. The molecule has 134 valence electrons. The molecule has 2 rings (SSSR count). The van der Waals surface area contributed by atoms with E-state index in [9.17, 15) is 18.0 Å². The average molecular weight is 375 g/mol. The Morgan fingerprint density at radius 3 is 2.54 bits per heavy atom. The van der Waals surface area contributed by atoms with Gasteiger partial charge in [-0.1, -0.05) is 11.3 Å². The van der Waals surface area contributed by atoms with Crippen molar-refractivity contribution in [1.82, 2.24) is 9.29 Å². The number of sulfonamides is 1. The van der Waals surface area contributed by atoms with E-state index < -0.39 is 16.0 Å². The maximum absolute atomic E-state index is 12.3. The van der Waals surface area contributed by atoms with E-state index in [1.165, 1.54) is 11.4 Å². The van der Waals surface area contributed by atoms with Crippen LogP contribution in [0.1, 0.15) is 35.1 Å². The Hall–Kier alpha value is -1.52. The zero-order chi connectivity index (χ0) is 17.9. The van der Waals surface area contributed by atoms with Crippen molar-refractivity contribution in [2.75, 3.05) is 31.3 Å². The van der Waals surface area contributed by atoms with Crippen LogP contribution in [-0.2, 0) is 19.6 Å². The molecule has 1 saturated heterocycles. The fourth-order valence-electron chi connectivity index (χ4n) is 2.52. The normalized spacial score (nSPS) is 16.8. The third kappa shape index (κ3) is 4.11. The first-order valence-electron chi connectivity index (χ1n) is 7.63. The van der Waals surface area contributed by atoms with E-state index in [0.29, 0.717) is 41.6 Å². The number of anilines is 1. The highest BCUT2D eigenvalue weighted by molar-refractivity contribution is 7.89. The molecule has 0 aromatic carbocycles. The molecule has 0 saturated carbocycles. The van der Waals surface area contributed by atoms with Crippen molar-refractivity contribution < 1.29 is 22.7 Å². The van der Waals surface area contributed by atoms with Gasteiger partial charge in [-0.15, -0.1) is 0 Å². The van der Waals surface area contributed by atoms with Gasteiger partial charge in [-0.05, 0) is 26.7 Å². The molecule has 0 aliphatic carbocycles. The zero-order valence-corrected chi connectivity index (χ0v) is 15.5. The number of nitrogens with one attached hydrogen (secondary N) is 1. The number of ether oxygens (including phenoxy) is 1. The second-order valence-corrected chi connectivity index (χ2v) is 8.74. The van der Waals surface area contributed by atoms with Gasteiger partial charge in [-0.2, -0.15) is 0 Å². The predicted molar refractivity (Wildman–Crippen MR) is 90.6 cm³/mol. The molecule has 0 bridgehead atoms. The quantitative estimate of drug-likeness (QED) is 0.776. The topological polar surface area (TPSA) is 106 Å². The second kappa shape index (κ2) is 7.58. The molecule has 1 fully saturated rings. The van der Waals surface area contributed by atoms with Crippen molar-refractivity contribution in [3.63, 3.8) is 0 Å². The lowest BCUT2D eigenvalue weighted by Crippen LogP contribution is -2.42. The van der Waals surface area contributed by atoms with E-state index in [1.807, 2.05) is 0 Å². The van der Waals surface area contributed by atoms with Crippen molar-refractivity contribution >= 4 is 38.4 Å². The fourth-order valence-corrected chi connectivity index (χ4v) is 4.54. The number of piperidine rings is 1. The van der Waals surface area contributed by atoms with E-state index >= 15 is 0 Å². The number of nitrogens with zero attached hydrogens (tertiary/aromatic N) is 2. The molecule has 1 aromatic heterocycles. The van der Waals surface area contributed by atoms with Crippen LogP contribution in [0.25, 0.3) is 0 Å². The largest absolute Gasteiger partial charge is 0.465 e. The first-order chi connectivity index (χ1) is 11.3. The molecule has 1 N–H and O–H groups in total. The van der Waals surface area contributed by atoms with Gasteiger partial charge in [-0.3, -0.25) is 4.79 Å². The van der Waals surface area contributed by atoms with Crippen molar-refractivity contribution in [2.45, 2.75) is 26.7 Å².